The molecule has 1 aliphatic rings. The van der Waals surface area contributed by atoms with Crippen LogP contribution in [0.3, 0.4) is 0 Å². The van der Waals surface area contributed by atoms with Gasteiger partial charge in [-0.15, -0.1) is 5.10 Å². The number of para-hydroxylation sites is 1. The van der Waals surface area contributed by atoms with Crippen molar-refractivity contribution in [2.24, 2.45) is 0 Å². The number of carbonyl (C=O) groups is 1. The number of hydrogen-bond donors (Lipinski definition) is 1. The highest BCUT2D eigenvalue weighted by Crippen LogP contribution is 2.26. The second kappa shape index (κ2) is 7.23. The Morgan fingerprint density at radius 3 is 2.37 bits per heavy atom. The molecule has 0 unspecified atom stereocenters. The zero-order valence-corrected chi connectivity index (χ0v) is 15.3. The van der Waals surface area contributed by atoms with E-state index in [-0.39, 0.29) is 17.5 Å². The Hall–Kier alpha value is -3.15. The van der Waals surface area contributed by atoms with Gasteiger partial charge in [0.2, 0.25) is 0 Å². The Morgan fingerprint density at radius 2 is 1.70 bits per heavy atom. The molecule has 0 atom stereocenters. The lowest BCUT2D eigenvalue weighted by molar-refractivity contribution is 0.0711. The minimum absolute atomic E-state index is 0.0664. The Morgan fingerprint density at radius 1 is 1.04 bits per heavy atom. The van der Waals surface area contributed by atoms with Crippen molar-refractivity contribution in [3.8, 4) is 5.69 Å². The van der Waals surface area contributed by atoms with Gasteiger partial charge in [-0.25, -0.2) is 4.79 Å². The summed E-state index contributed by atoms with van der Waals surface area (Å²) in [6, 6.07) is 17.1. The van der Waals surface area contributed by atoms with Crippen LogP contribution in [-0.2, 0) is 0 Å². The third-order valence-corrected chi connectivity index (χ3v) is 5.10. The van der Waals surface area contributed by atoms with E-state index in [1.54, 1.807) is 0 Å². The first-order valence-corrected chi connectivity index (χ1v) is 9.22. The van der Waals surface area contributed by atoms with Crippen LogP contribution < -0.4 is 5.69 Å². The number of piperidine rings is 1. The summed E-state index contributed by atoms with van der Waals surface area (Å²) in [4.78, 5) is 29.7. The Kier molecular flexibility index (Phi) is 4.62. The van der Waals surface area contributed by atoms with Gasteiger partial charge in [-0.3, -0.25) is 9.78 Å². The fraction of sp³-hybridized carbons (Fsp3) is 0.286. The summed E-state index contributed by atoms with van der Waals surface area (Å²) in [5, 5.41) is 4.49. The summed E-state index contributed by atoms with van der Waals surface area (Å²) in [6.45, 7) is 3.34. The smallest absolute Gasteiger partial charge is 0.339 e. The number of nitrogens with one attached hydrogen (secondary N) is 1. The lowest BCUT2D eigenvalue weighted by Gasteiger charge is -2.31. The number of aryl methyl sites for hydroxylation is 1. The molecule has 1 N–H and O–H groups in total. The Bertz CT molecular complexity index is 981. The van der Waals surface area contributed by atoms with Crippen LogP contribution in [0.25, 0.3) is 5.69 Å². The topological polar surface area (TPSA) is 71.0 Å². The molecule has 6 nitrogen and oxygen atoms in total. The predicted molar refractivity (Wildman–Crippen MR) is 103 cm³/mol. The zero-order valence-electron chi connectivity index (χ0n) is 15.3. The second-order valence-corrected chi connectivity index (χ2v) is 7.00. The number of H-pyrrole nitrogens is 1. The van der Waals surface area contributed by atoms with Crippen LogP contribution in [0.2, 0.25) is 0 Å². The largest absolute Gasteiger partial charge is 0.348 e. The average Bonchev–Trinajstić information content (AvgIpc) is 3.10. The minimum Gasteiger partial charge on any atom is -0.339 e. The third-order valence-electron chi connectivity index (χ3n) is 5.10. The van der Waals surface area contributed by atoms with E-state index in [0.29, 0.717) is 18.9 Å². The molecule has 1 saturated heterocycles. The van der Waals surface area contributed by atoms with Gasteiger partial charge in [0, 0.05) is 24.6 Å². The number of amides is 1. The maximum Gasteiger partial charge on any atom is 0.348 e. The number of rotatable bonds is 3. The van der Waals surface area contributed by atoms with Crippen LogP contribution in [0, 0.1) is 6.92 Å². The molecule has 2 heterocycles. The molecule has 0 radical (unpaired) electrons. The van der Waals surface area contributed by atoms with Gasteiger partial charge in [-0.2, -0.15) is 4.68 Å². The van der Waals surface area contributed by atoms with Crippen molar-refractivity contribution < 1.29 is 4.79 Å². The van der Waals surface area contributed by atoms with Crippen molar-refractivity contribution in [2.75, 3.05) is 13.1 Å². The fourth-order valence-electron chi connectivity index (χ4n) is 3.50. The van der Waals surface area contributed by atoms with Crippen LogP contribution >= 0.6 is 0 Å². The molecule has 6 heteroatoms. The van der Waals surface area contributed by atoms with Crippen LogP contribution in [0.5, 0.6) is 0 Å². The van der Waals surface area contributed by atoms with Crippen molar-refractivity contribution in [2.45, 2.75) is 25.7 Å². The number of benzene rings is 2. The predicted octanol–water partition coefficient (Wildman–Crippen LogP) is 2.89. The number of aromatic amines is 1. The lowest BCUT2D eigenvalue weighted by atomic mass is 9.95. The molecule has 2 aromatic carbocycles. The molecule has 0 spiro atoms. The summed E-state index contributed by atoms with van der Waals surface area (Å²) in [7, 11) is 0. The maximum atomic E-state index is 12.6. The van der Waals surface area contributed by atoms with E-state index in [1.165, 1.54) is 4.68 Å². The standard InChI is InChI=1S/C21H22N4O2/c1-15-7-9-17(10-8-15)20(26)24-13-11-16(12-14-24)19-22-21(27)25(23-19)18-5-3-2-4-6-18/h2-10,16H,11-14H2,1H3,(H,22,23,27). The van der Waals surface area contributed by atoms with Gasteiger partial charge in [0.15, 0.2) is 0 Å². The van der Waals surface area contributed by atoms with Crippen molar-refractivity contribution in [1.82, 2.24) is 19.7 Å². The summed E-state index contributed by atoms with van der Waals surface area (Å²) in [5.74, 6) is 0.924. The number of aromatic nitrogens is 3. The monoisotopic (exact) mass is 362 g/mol. The number of carbonyl (C=O) groups excluding carboxylic acids is 1. The number of hydrogen-bond acceptors (Lipinski definition) is 3. The molecule has 1 fully saturated rings. The molecule has 138 valence electrons. The Labute approximate surface area is 157 Å². The minimum atomic E-state index is -0.227. The van der Waals surface area contributed by atoms with Crippen molar-refractivity contribution in [1.29, 1.82) is 0 Å². The normalized spacial score (nSPS) is 15.1. The van der Waals surface area contributed by atoms with Crippen molar-refractivity contribution in [3.05, 3.63) is 82.0 Å². The van der Waals surface area contributed by atoms with Crippen molar-refractivity contribution in [3.63, 3.8) is 0 Å². The van der Waals surface area contributed by atoms with Crippen LogP contribution in [0.1, 0.15) is 40.5 Å². The van der Waals surface area contributed by atoms with Crippen LogP contribution in [0.4, 0.5) is 0 Å². The molecular formula is C21H22N4O2. The van der Waals surface area contributed by atoms with E-state index in [9.17, 15) is 9.59 Å². The summed E-state index contributed by atoms with van der Waals surface area (Å²) < 4.78 is 1.40. The highest BCUT2D eigenvalue weighted by atomic mass is 16.2. The summed E-state index contributed by atoms with van der Waals surface area (Å²) >= 11 is 0. The first-order valence-electron chi connectivity index (χ1n) is 9.22. The van der Waals surface area contributed by atoms with E-state index in [4.69, 9.17) is 0 Å². The Balaban J connectivity index is 1.44. The second-order valence-electron chi connectivity index (χ2n) is 7.00. The fourth-order valence-corrected chi connectivity index (χ4v) is 3.50. The summed E-state index contributed by atoms with van der Waals surface area (Å²) in [6.07, 6.45) is 1.58. The maximum absolute atomic E-state index is 12.6. The molecule has 4 rings (SSSR count). The average molecular weight is 362 g/mol. The van der Waals surface area contributed by atoms with Crippen LogP contribution in [-0.4, -0.2) is 38.7 Å². The van der Waals surface area contributed by atoms with Gasteiger partial charge in [-0.1, -0.05) is 35.9 Å². The zero-order chi connectivity index (χ0) is 18.8. The molecule has 27 heavy (non-hydrogen) atoms. The number of likely N-dealkylation sites (tertiary alicyclic amines) is 1. The lowest BCUT2D eigenvalue weighted by Crippen LogP contribution is -2.38. The first-order chi connectivity index (χ1) is 13.1. The van der Waals surface area contributed by atoms with Gasteiger partial charge >= 0.3 is 5.69 Å². The van der Waals surface area contributed by atoms with Crippen LogP contribution in [0.15, 0.2) is 59.4 Å². The molecular weight excluding hydrogens is 340 g/mol. The van der Waals surface area contributed by atoms with E-state index < -0.39 is 0 Å². The van der Waals surface area contributed by atoms with Gasteiger partial charge in [0.05, 0.1) is 5.69 Å². The summed E-state index contributed by atoms with van der Waals surface area (Å²) in [5.41, 5.74) is 2.38. The molecule has 0 saturated carbocycles. The highest BCUT2D eigenvalue weighted by Gasteiger charge is 2.27. The van der Waals surface area contributed by atoms with Gasteiger partial charge in [-0.05, 0) is 44.0 Å². The van der Waals surface area contributed by atoms with E-state index in [0.717, 1.165) is 29.7 Å². The molecule has 0 bridgehead atoms. The highest BCUT2D eigenvalue weighted by molar-refractivity contribution is 5.94. The SMILES string of the molecule is Cc1ccc(C(=O)N2CCC(c3nn(-c4ccccc4)c(=O)[nH]3)CC2)cc1. The van der Waals surface area contributed by atoms with E-state index in [2.05, 4.69) is 10.1 Å². The van der Waals surface area contributed by atoms with Gasteiger partial charge in [0.1, 0.15) is 5.82 Å². The molecule has 0 aliphatic carbocycles. The van der Waals surface area contributed by atoms with Gasteiger partial charge < -0.3 is 4.90 Å². The van der Waals surface area contributed by atoms with Gasteiger partial charge in [0.25, 0.3) is 5.91 Å². The third kappa shape index (κ3) is 3.56. The first kappa shape index (κ1) is 17.3. The van der Waals surface area contributed by atoms with E-state index in [1.807, 2.05) is 66.4 Å². The number of nitrogens with zero attached hydrogens (tertiary/aromatic N) is 3. The van der Waals surface area contributed by atoms with Crippen molar-refractivity contribution >= 4 is 5.91 Å². The van der Waals surface area contributed by atoms with E-state index >= 15 is 0 Å². The quantitative estimate of drug-likeness (QED) is 0.779. The molecule has 1 aliphatic heterocycles. The molecule has 1 aromatic heterocycles. The molecule has 3 aromatic rings. The molecule has 1 amide bonds.